The fourth-order valence-electron chi connectivity index (χ4n) is 3.91. The highest BCUT2D eigenvalue weighted by atomic mass is 32.2. The van der Waals surface area contributed by atoms with E-state index in [9.17, 15) is 5.26 Å². The molecule has 22 heavy (non-hydrogen) atoms. The van der Waals surface area contributed by atoms with Crippen LogP contribution in [-0.4, -0.2) is 35.0 Å². The van der Waals surface area contributed by atoms with Crippen LogP contribution < -0.4 is 5.32 Å². The first-order valence-electron chi connectivity index (χ1n) is 7.92. The van der Waals surface area contributed by atoms with Gasteiger partial charge in [0.05, 0.1) is 12.3 Å². The molecule has 0 saturated heterocycles. The van der Waals surface area contributed by atoms with Crippen molar-refractivity contribution in [3.63, 3.8) is 0 Å². The van der Waals surface area contributed by atoms with Crippen molar-refractivity contribution in [1.29, 1.82) is 5.26 Å². The second-order valence-electron chi connectivity index (χ2n) is 6.05. The molecule has 0 aromatic carbocycles. The van der Waals surface area contributed by atoms with Crippen LogP contribution in [0.15, 0.2) is 11.4 Å². The molecule has 0 amide bonds. The predicted molar refractivity (Wildman–Crippen MR) is 86.9 cm³/mol. The Bertz CT molecular complexity index is 580. The lowest BCUT2D eigenvalue weighted by Gasteiger charge is -2.54. The van der Waals surface area contributed by atoms with Crippen molar-refractivity contribution < 1.29 is 4.74 Å². The minimum absolute atomic E-state index is 0.229. The normalized spacial score (nSPS) is 25.7. The Morgan fingerprint density at radius 1 is 1.50 bits per heavy atom. The number of thioether (sulfide) groups is 1. The van der Waals surface area contributed by atoms with E-state index >= 15 is 0 Å². The maximum Gasteiger partial charge on any atom is 0.189 e. The number of anilines is 1. The zero-order chi connectivity index (χ0) is 15.6. The number of hydrogen-bond donors (Lipinski definition) is 1. The Morgan fingerprint density at radius 2 is 2.27 bits per heavy atom. The second kappa shape index (κ2) is 6.43. The summed E-state index contributed by atoms with van der Waals surface area (Å²) >= 11 is 1.49. The number of nitrogens with one attached hydrogen (secondary N) is 1. The molecule has 6 heteroatoms. The average molecular weight is 318 g/mol. The van der Waals surface area contributed by atoms with E-state index in [0.717, 1.165) is 13.0 Å². The highest BCUT2D eigenvalue weighted by Gasteiger charge is 2.56. The summed E-state index contributed by atoms with van der Waals surface area (Å²) in [6.07, 6.45) is 9.86. The molecule has 1 heterocycles. The van der Waals surface area contributed by atoms with Crippen LogP contribution in [0.4, 0.5) is 5.82 Å². The van der Waals surface area contributed by atoms with Gasteiger partial charge in [0.15, 0.2) is 5.16 Å². The van der Waals surface area contributed by atoms with Crippen LogP contribution in [0.25, 0.3) is 0 Å². The van der Waals surface area contributed by atoms with Gasteiger partial charge in [-0.2, -0.15) is 5.26 Å². The first-order chi connectivity index (χ1) is 10.7. The highest BCUT2D eigenvalue weighted by Crippen LogP contribution is 2.55. The van der Waals surface area contributed by atoms with Gasteiger partial charge in [0, 0.05) is 18.1 Å². The zero-order valence-electron chi connectivity index (χ0n) is 13.1. The van der Waals surface area contributed by atoms with Gasteiger partial charge in [0.2, 0.25) is 0 Å². The van der Waals surface area contributed by atoms with Gasteiger partial charge >= 0.3 is 0 Å². The molecule has 2 aliphatic carbocycles. The van der Waals surface area contributed by atoms with Gasteiger partial charge in [-0.25, -0.2) is 9.97 Å². The standard InChI is InChI=1S/C16H22N4OS/c1-3-21-13-8-12(16(13)6-4-5-7-16)19-14-11(9-17)10-18-15(20-14)22-2/h10,12-13H,3-8H2,1-2H3,(H,18,19,20)/t12-,13-/m1/s1. The summed E-state index contributed by atoms with van der Waals surface area (Å²) in [6, 6.07) is 2.54. The highest BCUT2D eigenvalue weighted by molar-refractivity contribution is 7.98. The molecule has 2 aliphatic rings. The molecule has 2 atom stereocenters. The molecule has 0 aliphatic heterocycles. The quantitative estimate of drug-likeness (QED) is 0.664. The molecular formula is C16H22N4OS. The minimum Gasteiger partial charge on any atom is -0.378 e. The number of aromatic nitrogens is 2. The maximum atomic E-state index is 9.28. The Balaban J connectivity index is 1.80. The third kappa shape index (κ3) is 2.57. The largest absolute Gasteiger partial charge is 0.378 e. The first-order valence-corrected chi connectivity index (χ1v) is 9.15. The van der Waals surface area contributed by atoms with E-state index in [1.807, 2.05) is 6.26 Å². The second-order valence-corrected chi connectivity index (χ2v) is 6.82. The number of rotatable bonds is 5. The van der Waals surface area contributed by atoms with Gasteiger partial charge in [-0.15, -0.1) is 0 Å². The summed E-state index contributed by atoms with van der Waals surface area (Å²) < 4.78 is 5.94. The monoisotopic (exact) mass is 318 g/mol. The van der Waals surface area contributed by atoms with Gasteiger partial charge < -0.3 is 10.1 Å². The van der Waals surface area contributed by atoms with E-state index in [1.165, 1.54) is 37.4 Å². The van der Waals surface area contributed by atoms with E-state index in [2.05, 4.69) is 28.3 Å². The molecule has 118 valence electrons. The van der Waals surface area contributed by atoms with E-state index in [4.69, 9.17) is 4.74 Å². The van der Waals surface area contributed by atoms with Gasteiger partial charge in [-0.3, -0.25) is 0 Å². The lowest BCUT2D eigenvalue weighted by atomic mass is 9.60. The van der Waals surface area contributed by atoms with Crippen LogP contribution in [0.1, 0.15) is 44.6 Å². The van der Waals surface area contributed by atoms with E-state index < -0.39 is 0 Å². The zero-order valence-corrected chi connectivity index (χ0v) is 13.9. The molecular weight excluding hydrogens is 296 g/mol. The lowest BCUT2D eigenvalue weighted by Crippen LogP contribution is -2.60. The van der Waals surface area contributed by atoms with Crippen LogP contribution in [0.2, 0.25) is 0 Å². The molecule has 0 bridgehead atoms. The number of nitrogens with zero attached hydrogens (tertiary/aromatic N) is 3. The third-order valence-corrected chi connectivity index (χ3v) is 5.63. The fraction of sp³-hybridized carbons (Fsp3) is 0.688. The van der Waals surface area contributed by atoms with Crippen LogP contribution >= 0.6 is 11.8 Å². The van der Waals surface area contributed by atoms with Crippen molar-refractivity contribution in [2.45, 2.75) is 56.3 Å². The van der Waals surface area contributed by atoms with Crippen LogP contribution in [-0.2, 0) is 4.74 Å². The molecule has 0 radical (unpaired) electrons. The SMILES string of the molecule is CCO[C@@H]1C[C@@H](Nc2nc(SC)ncc2C#N)C12CCCC2. The van der Waals surface area contributed by atoms with Gasteiger partial charge in [0.1, 0.15) is 17.5 Å². The lowest BCUT2D eigenvalue weighted by molar-refractivity contribution is -0.114. The minimum atomic E-state index is 0.229. The molecule has 1 aromatic rings. The van der Waals surface area contributed by atoms with E-state index in [1.54, 1.807) is 6.20 Å². The average Bonchev–Trinajstić information content (AvgIpc) is 3.06. The van der Waals surface area contributed by atoms with Crippen LogP contribution in [0, 0.1) is 16.7 Å². The molecule has 1 aromatic heterocycles. The van der Waals surface area contributed by atoms with Crippen molar-refractivity contribution in [1.82, 2.24) is 9.97 Å². The fourth-order valence-corrected chi connectivity index (χ4v) is 4.25. The number of ether oxygens (including phenoxy) is 1. The number of hydrogen-bond acceptors (Lipinski definition) is 6. The Morgan fingerprint density at radius 3 is 2.91 bits per heavy atom. The third-order valence-electron chi connectivity index (χ3n) is 5.07. The summed E-state index contributed by atoms with van der Waals surface area (Å²) in [7, 11) is 0. The van der Waals surface area contributed by atoms with E-state index in [0.29, 0.717) is 28.7 Å². The topological polar surface area (TPSA) is 70.8 Å². The Kier molecular flexibility index (Phi) is 4.55. The summed E-state index contributed by atoms with van der Waals surface area (Å²) in [6.45, 7) is 2.83. The molecule has 0 unspecified atom stereocenters. The van der Waals surface area contributed by atoms with Gasteiger partial charge in [-0.05, 0) is 32.4 Å². The smallest absolute Gasteiger partial charge is 0.189 e. The van der Waals surface area contributed by atoms with E-state index in [-0.39, 0.29) is 5.41 Å². The molecule has 1 N–H and O–H groups in total. The number of nitriles is 1. The van der Waals surface area contributed by atoms with Gasteiger partial charge in [-0.1, -0.05) is 24.6 Å². The molecule has 5 nitrogen and oxygen atoms in total. The summed E-state index contributed by atoms with van der Waals surface area (Å²) in [5.74, 6) is 0.674. The van der Waals surface area contributed by atoms with Crippen molar-refractivity contribution >= 4 is 17.6 Å². The van der Waals surface area contributed by atoms with Crippen LogP contribution in [0.5, 0.6) is 0 Å². The molecule has 2 saturated carbocycles. The van der Waals surface area contributed by atoms with Crippen molar-refractivity contribution in [3.05, 3.63) is 11.8 Å². The first kappa shape index (κ1) is 15.6. The summed E-state index contributed by atoms with van der Waals surface area (Å²) in [5.41, 5.74) is 0.749. The van der Waals surface area contributed by atoms with Crippen molar-refractivity contribution in [3.8, 4) is 6.07 Å². The molecule has 1 spiro atoms. The molecule has 2 fully saturated rings. The Hall–Kier alpha value is -1.32. The maximum absolute atomic E-state index is 9.28. The van der Waals surface area contributed by atoms with Crippen molar-refractivity contribution in [2.24, 2.45) is 5.41 Å². The summed E-state index contributed by atoms with van der Waals surface area (Å²) in [5, 5.41) is 13.5. The Labute approximate surface area is 135 Å². The van der Waals surface area contributed by atoms with Gasteiger partial charge in [0.25, 0.3) is 0 Å². The summed E-state index contributed by atoms with van der Waals surface area (Å²) in [4.78, 5) is 8.66. The predicted octanol–water partition coefficient (Wildman–Crippen LogP) is 3.22. The molecule has 3 rings (SSSR count). The van der Waals surface area contributed by atoms with Crippen molar-refractivity contribution in [2.75, 3.05) is 18.2 Å². The van der Waals surface area contributed by atoms with Crippen LogP contribution in [0.3, 0.4) is 0 Å².